The zero-order valence-electron chi connectivity index (χ0n) is 21.7. The zero-order valence-corrected chi connectivity index (χ0v) is 21.7. The molecule has 2 aromatic rings. The summed E-state index contributed by atoms with van der Waals surface area (Å²) >= 11 is 0. The summed E-state index contributed by atoms with van der Waals surface area (Å²) in [6, 6.07) is 15.9. The molecule has 4 rings (SSSR count). The fourth-order valence-electron chi connectivity index (χ4n) is 4.26. The summed E-state index contributed by atoms with van der Waals surface area (Å²) in [6.07, 6.45) is -7.68. The lowest BCUT2D eigenvalue weighted by atomic mass is 10.00. The van der Waals surface area contributed by atoms with Gasteiger partial charge in [-0.15, -0.1) is 0 Å². The van der Waals surface area contributed by atoms with Crippen LogP contribution in [0.1, 0.15) is 12.8 Å². The van der Waals surface area contributed by atoms with E-state index in [-0.39, 0.29) is 11.9 Å². The highest BCUT2D eigenvalue weighted by Crippen LogP contribution is 2.28. The van der Waals surface area contributed by atoms with Crippen LogP contribution < -0.4 is 10.6 Å². The van der Waals surface area contributed by atoms with Gasteiger partial charge in [-0.1, -0.05) is 24.3 Å². The third-order valence-electron chi connectivity index (χ3n) is 6.27. The van der Waals surface area contributed by atoms with E-state index in [9.17, 15) is 30.7 Å². The summed E-state index contributed by atoms with van der Waals surface area (Å²) in [5.41, 5.74) is 8.99. The van der Waals surface area contributed by atoms with Gasteiger partial charge in [-0.05, 0) is 48.2 Å². The molecule has 8 nitrogen and oxygen atoms in total. The molecule has 2 aromatic carbocycles. The minimum atomic E-state index is -5.08. The standard InChI is InChI=1S/C22H28FN3O.2C2HF3O2/c23-19-5-1-3-17(13-19)18-4-2-6-21(14-18)25-9-7-20(8-10-25)26-11-12-27-22(15-24)16-26;2*3-2(4,5)1(6)7/h1-6,13-14,20,22H,7-12,15-16,24H2;2*(H,6,7). The molecule has 2 heterocycles. The summed E-state index contributed by atoms with van der Waals surface area (Å²) in [5, 5.41) is 14.2. The van der Waals surface area contributed by atoms with Gasteiger partial charge in [-0.25, -0.2) is 14.0 Å². The van der Waals surface area contributed by atoms with Crippen LogP contribution in [-0.4, -0.2) is 90.9 Å². The van der Waals surface area contributed by atoms with Crippen molar-refractivity contribution >= 4 is 17.6 Å². The fourth-order valence-corrected chi connectivity index (χ4v) is 4.26. The number of nitrogens with two attached hydrogens (primary N) is 1. The van der Waals surface area contributed by atoms with Gasteiger partial charge in [0.05, 0.1) is 12.7 Å². The maximum Gasteiger partial charge on any atom is 0.490 e. The highest BCUT2D eigenvalue weighted by molar-refractivity contribution is 5.73. The van der Waals surface area contributed by atoms with E-state index in [0.717, 1.165) is 56.8 Å². The zero-order chi connectivity index (χ0) is 30.8. The molecule has 0 aromatic heterocycles. The molecule has 0 radical (unpaired) electrons. The Labute approximate surface area is 231 Å². The highest BCUT2D eigenvalue weighted by atomic mass is 19.4. The Balaban J connectivity index is 0.000000349. The van der Waals surface area contributed by atoms with Gasteiger partial charge in [0.1, 0.15) is 5.82 Å². The Morgan fingerprint density at radius 2 is 1.39 bits per heavy atom. The number of hydrogen-bond acceptors (Lipinski definition) is 6. The molecule has 15 heteroatoms. The second kappa shape index (κ2) is 15.0. The van der Waals surface area contributed by atoms with Crippen molar-refractivity contribution in [3.63, 3.8) is 0 Å². The lowest BCUT2D eigenvalue weighted by molar-refractivity contribution is -0.193. The van der Waals surface area contributed by atoms with E-state index >= 15 is 0 Å². The Morgan fingerprint density at radius 1 is 0.878 bits per heavy atom. The molecule has 0 aliphatic carbocycles. The van der Waals surface area contributed by atoms with Crippen molar-refractivity contribution in [3.05, 3.63) is 54.3 Å². The van der Waals surface area contributed by atoms with Gasteiger partial charge in [-0.2, -0.15) is 26.3 Å². The van der Waals surface area contributed by atoms with E-state index in [1.54, 1.807) is 12.1 Å². The van der Waals surface area contributed by atoms with Crippen LogP contribution in [0, 0.1) is 5.82 Å². The number of aliphatic carboxylic acids is 2. The van der Waals surface area contributed by atoms with Crippen molar-refractivity contribution in [1.29, 1.82) is 0 Å². The Hall–Kier alpha value is -3.43. The quantitative estimate of drug-likeness (QED) is 0.445. The third-order valence-corrected chi connectivity index (χ3v) is 6.27. The number of anilines is 1. The summed E-state index contributed by atoms with van der Waals surface area (Å²) in [7, 11) is 0. The number of carboxylic acids is 2. The number of hydrogen-bond donors (Lipinski definition) is 3. The fraction of sp³-hybridized carbons (Fsp3) is 0.462. The number of ether oxygens (including phenoxy) is 1. The van der Waals surface area contributed by atoms with Crippen LogP contribution in [0.4, 0.5) is 36.4 Å². The van der Waals surface area contributed by atoms with Crippen molar-refractivity contribution in [2.24, 2.45) is 5.73 Å². The Morgan fingerprint density at radius 3 is 1.88 bits per heavy atom. The van der Waals surface area contributed by atoms with Gasteiger partial charge < -0.3 is 25.6 Å². The summed E-state index contributed by atoms with van der Waals surface area (Å²) in [6.45, 7) is 5.44. The van der Waals surface area contributed by atoms with Gasteiger partial charge in [-0.3, -0.25) is 4.90 Å². The van der Waals surface area contributed by atoms with Crippen molar-refractivity contribution in [3.8, 4) is 11.1 Å². The van der Waals surface area contributed by atoms with E-state index in [1.807, 2.05) is 12.1 Å². The van der Waals surface area contributed by atoms with Gasteiger partial charge >= 0.3 is 24.3 Å². The molecule has 2 fully saturated rings. The van der Waals surface area contributed by atoms with E-state index in [0.29, 0.717) is 12.6 Å². The predicted octanol–water partition coefficient (Wildman–Crippen LogP) is 4.39. The Kier molecular flexibility index (Phi) is 12.3. The lowest BCUT2D eigenvalue weighted by Crippen LogP contribution is -2.53. The molecule has 228 valence electrons. The number of rotatable bonds is 4. The molecule has 0 saturated carbocycles. The number of nitrogens with zero attached hydrogens (tertiary/aromatic N) is 2. The first-order valence-electron chi connectivity index (χ1n) is 12.4. The monoisotopic (exact) mass is 597 g/mol. The van der Waals surface area contributed by atoms with Crippen molar-refractivity contribution < 1.29 is 55.3 Å². The molecule has 1 atom stereocenters. The first-order chi connectivity index (χ1) is 19.1. The largest absolute Gasteiger partial charge is 0.490 e. The highest BCUT2D eigenvalue weighted by Gasteiger charge is 2.39. The van der Waals surface area contributed by atoms with Crippen LogP contribution in [0.5, 0.6) is 0 Å². The van der Waals surface area contributed by atoms with Crippen LogP contribution in [0.3, 0.4) is 0 Å². The summed E-state index contributed by atoms with van der Waals surface area (Å²) < 4.78 is 82.7. The molecule has 0 bridgehead atoms. The smallest absolute Gasteiger partial charge is 0.475 e. The molecule has 4 N–H and O–H groups in total. The van der Waals surface area contributed by atoms with Crippen LogP contribution in [0.2, 0.25) is 0 Å². The topological polar surface area (TPSA) is 116 Å². The first kappa shape index (κ1) is 33.8. The minimum absolute atomic E-state index is 0.180. The van der Waals surface area contributed by atoms with Crippen LogP contribution in [-0.2, 0) is 14.3 Å². The van der Waals surface area contributed by atoms with E-state index < -0.39 is 24.3 Å². The van der Waals surface area contributed by atoms with Crippen molar-refractivity contribution in [1.82, 2.24) is 4.90 Å². The maximum atomic E-state index is 13.5. The minimum Gasteiger partial charge on any atom is -0.475 e. The molecule has 41 heavy (non-hydrogen) atoms. The SMILES string of the molecule is NCC1CN(C2CCN(c3cccc(-c4cccc(F)c4)c3)CC2)CCO1.O=C(O)C(F)(F)F.O=C(O)C(F)(F)F. The molecule has 2 aliphatic rings. The summed E-state index contributed by atoms with van der Waals surface area (Å²) in [4.78, 5) is 22.8. The maximum absolute atomic E-state index is 13.5. The second-order valence-corrected chi connectivity index (χ2v) is 9.11. The number of piperidine rings is 1. The van der Waals surface area contributed by atoms with Crippen LogP contribution in [0.25, 0.3) is 11.1 Å². The van der Waals surface area contributed by atoms with E-state index in [1.165, 1.54) is 11.8 Å². The molecule has 2 saturated heterocycles. The summed E-state index contributed by atoms with van der Waals surface area (Å²) in [5.74, 6) is -5.71. The lowest BCUT2D eigenvalue weighted by Gasteiger charge is -2.42. The second-order valence-electron chi connectivity index (χ2n) is 9.11. The van der Waals surface area contributed by atoms with Gasteiger partial charge in [0.2, 0.25) is 0 Å². The van der Waals surface area contributed by atoms with Crippen molar-refractivity contribution in [2.45, 2.75) is 37.3 Å². The van der Waals surface area contributed by atoms with Crippen molar-refractivity contribution in [2.75, 3.05) is 44.2 Å². The van der Waals surface area contributed by atoms with Gasteiger partial charge in [0.25, 0.3) is 0 Å². The average Bonchev–Trinajstić information content (AvgIpc) is 2.93. The van der Waals surface area contributed by atoms with Crippen LogP contribution in [0.15, 0.2) is 48.5 Å². The van der Waals surface area contributed by atoms with E-state index in [4.69, 9.17) is 30.3 Å². The molecule has 0 spiro atoms. The molecule has 0 amide bonds. The average molecular weight is 598 g/mol. The number of benzene rings is 2. The number of morpholine rings is 1. The first-order valence-corrected chi connectivity index (χ1v) is 12.4. The molecule has 1 unspecified atom stereocenters. The normalized spacial score (nSPS) is 18.4. The number of carbonyl (C=O) groups is 2. The number of carboxylic acid groups (broad SMARTS) is 2. The number of alkyl halides is 6. The molecule has 2 aliphatic heterocycles. The van der Waals surface area contributed by atoms with Crippen LogP contribution >= 0.6 is 0 Å². The number of halogens is 7. The Bertz CT molecular complexity index is 1110. The predicted molar refractivity (Wildman–Crippen MR) is 135 cm³/mol. The van der Waals surface area contributed by atoms with Gasteiger partial charge in [0, 0.05) is 44.5 Å². The molecular weight excluding hydrogens is 567 g/mol. The third kappa shape index (κ3) is 11.2. The van der Waals surface area contributed by atoms with E-state index in [2.05, 4.69) is 28.0 Å². The molecular formula is C26H30F7N3O5. The van der Waals surface area contributed by atoms with Gasteiger partial charge in [0.15, 0.2) is 0 Å².